The van der Waals surface area contributed by atoms with E-state index in [1.807, 2.05) is 30.3 Å². The maximum Gasteiger partial charge on any atom is 0.267 e. The summed E-state index contributed by atoms with van der Waals surface area (Å²) in [6.07, 6.45) is 4.58. The average Bonchev–Trinajstić information content (AvgIpc) is 2.69. The van der Waals surface area contributed by atoms with Crippen LogP contribution < -0.4 is 5.56 Å². The lowest BCUT2D eigenvalue weighted by Gasteiger charge is -2.47. The number of carbonyl (C=O) groups excluding carboxylic acids is 1. The molecule has 6 heteroatoms. The molecule has 2 atom stereocenters. The third kappa shape index (κ3) is 3.67. The Bertz CT molecular complexity index is 880. The van der Waals surface area contributed by atoms with Crippen LogP contribution in [0.1, 0.15) is 32.1 Å². The number of benzene rings is 1. The first kappa shape index (κ1) is 17.9. The Morgan fingerprint density at radius 1 is 1.15 bits per heavy atom. The van der Waals surface area contributed by atoms with Gasteiger partial charge in [-0.2, -0.15) is 5.10 Å². The van der Waals surface area contributed by atoms with Crippen LogP contribution in [0.5, 0.6) is 0 Å². The molecule has 2 fully saturated rings. The van der Waals surface area contributed by atoms with Gasteiger partial charge in [-0.05, 0) is 25.3 Å². The molecule has 1 saturated carbocycles. The number of likely N-dealkylation sites (tertiary alicyclic amines) is 1. The standard InChI is InChI=1S/C21H25N3O3/c25-19-10-9-18(16-6-2-1-3-7-16)22-24(19)15-20(26)23-13-12-21(27)11-5-4-8-17(21)14-23/h1-3,6-7,9-10,17,27H,4-5,8,11-15H2/t17-,21-/m1/s1. The second-order valence-electron chi connectivity index (χ2n) is 7.72. The van der Waals surface area contributed by atoms with Gasteiger partial charge in [-0.15, -0.1) is 0 Å². The Balaban J connectivity index is 1.49. The van der Waals surface area contributed by atoms with Gasteiger partial charge >= 0.3 is 0 Å². The maximum absolute atomic E-state index is 12.8. The summed E-state index contributed by atoms with van der Waals surface area (Å²) in [5, 5.41) is 15.2. The van der Waals surface area contributed by atoms with E-state index in [2.05, 4.69) is 5.10 Å². The van der Waals surface area contributed by atoms with E-state index in [1.165, 1.54) is 10.7 Å². The first-order chi connectivity index (χ1) is 13.0. The Morgan fingerprint density at radius 2 is 1.96 bits per heavy atom. The summed E-state index contributed by atoms with van der Waals surface area (Å²) < 4.78 is 1.24. The van der Waals surface area contributed by atoms with Crippen molar-refractivity contribution in [3.63, 3.8) is 0 Å². The number of hydrogen-bond donors (Lipinski definition) is 1. The number of amides is 1. The van der Waals surface area contributed by atoms with Crippen LogP contribution in [0, 0.1) is 5.92 Å². The molecule has 27 heavy (non-hydrogen) atoms. The van der Waals surface area contributed by atoms with Crippen LogP contribution >= 0.6 is 0 Å². The number of carbonyl (C=O) groups is 1. The van der Waals surface area contributed by atoms with Gasteiger partial charge in [0.25, 0.3) is 5.56 Å². The van der Waals surface area contributed by atoms with E-state index in [0.29, 0.717) is 25.2 Å². The molecular formula is C21H25N3O3. The van der Waals surface area contributed by atoms with E-state index < -0.39 is 5.60 Å². The van der Waals surface area contributed by atoms with E-state index >= 15 is 0 Å². The van der Waals surface area contributed by atoms with Crippen molar-refractivity contribution >= 4 is 5.91 Å². The lowest BCUT2D eigenvalue weighted by Crippen LogP contribution is -2.55. The van der Waals surface area contributed by atoms with Crippen molar-refractivity contribution in [1.82, 2.24) is 14.7 Å². The number of aliphatic hydroxyl groups is 1. The summed E-state index contributed by atoms with van der Waals surface area (Å²) in [6.45, 7) is 1.05. The molecule has 1 saturated heterocycles. The molecule has 0 unspecified atom stereocenters. The molecule has 2 aromatic rings. The van der Waals surface area contributed by atoms with Crippen molar-refractivity contribution in [3.05, 3.63) is 52.8 Å². The number of aromatic nitrogens is 2. The first-order valence-electron chi connectivity index (χ1n) is 9.69. The van der Waals surface area contributed by atoms with Gasteiger partial charge in [0.15, 0.2) is 0 Å². The summed E-state index contributed by atoms with van der Waals surface area (Å²) in [6, 6.07) is 12.7. The van der Waals surface area contributed by atoms with Crippen molar-refractivity contribution in [3.8, 4) is 11.3 Å². The molecule has 1 amide bonds. The lowest BCUT2D eigenvalue weighted by molar-refractivity contribution is -0.144. The summed E-state index contributed by atoms with van der Waals surface area (Å²) in [5.74, 6) is 0.0340. The van der Waals surface area contributed by atoms with Gasteiger partial charge in [0.2, 0.25) is 5.91 Å². The molecule has 1 aliphatic carbocycles. The fraction of sp³-hybridized carbons (Fsp3) is 0.476. The van der Waals surface area contributed by atoms with Gasteiger partial charge in [-0.1, -0.05) is 43.2 Å². The molecule has 1 aromatic heterocycles. The zero-order chi connectivity index (χ0) is 18.9. The van der Waals surface area contributed by atoms with Crippen molar-refractivity contribution in [2.24, 2.45) is 5.92 Å². The third-order valence-corrected chi connectivity index (χ3v) is 6.00. The number of rotatable bonds is 3. The van der Waals surface area contributed by atoms with Crippen molar-refractivity contribution in [1.29, 1.82) is 0 Å². The minimum atomic E-state index is -0.614. The largest absolute Gasteiger partial charge is 0.389 e. The second kappa shape index (κ2) is 7.27. The molecule has 1 aliphatic heterocycles. The summed E-state index contributed by atoms with van der Waals surface area (Å²) in [4.78, 5) is 26.8. The Hall–Kier alpha value is -2.47. The molecule has 2 heterocycles. The van der Waals surface area contributed by atoms with Crippen LogP contribution in [0.25, 0.3) is 11.3 Å². The van der Waals surface area contributed by atoms with Crippen LogP contribution in [-0.2, 0) is 11.3 Å². The van der Waals surface area contributed by atoms with Crippen molar-refractivity contribution in [2.75, 3.05) is 13.1 Å². The molecular weight excluding hydrogens is 342 g/mol. The molecule has 4 rings (SSSR count). The molecule has 2 aliphatic rings. The van der Waals surface area contributed by atoms with Crippen LogP contribution in [-0.4, -0.2) is 44.4 Å². The fourth-order valence-electron chi connectivity index (χ4n) is 4.35. The average molecular weight is 367 g/mol. The zero-order valence-corrected chi connectivity index (χ0v) is 15.4. The van der Waals surface area contributed by atoms with Crippen molar-refractivity contribution < 1.29 is 9.90 Å². The van der Waals surface area contributed by atoms with Gasteiger partial charge in [0, 0.05) is 30.6 Å². The van der Waals surface area contributed by atoms with Gasteiger partial charge in [0.1, 0.15) is 6.54 Å². The predicted molar refractivity (Wildman–Crippen MR) is 102 cm³/mol. The van der Waals surface area contributed by atoms with Gasteiger partial charge in [-0.25, -0.2) is 4.68 Å². The highest BCUT2D eigenvalue weighted by molar-refractivity contribution is 5.76. The van der Waals surface area contributed by atoms with E-state index in [4.69, 9.17) is 0 Å². The van der Waals surface area contributed by atoms with E-state index in [0.717, 1.165) is 31.2 Å². The van der Waals surface area contributed by atoms with E-state index in [-0.39, 0.29) is 23.9 Å². The van der Waals surface area contributed by atoms with E-state index in [9.17, 15) is 14.7 Å². The quantitative estimate of drug-likeness (QED) is 0.901. The number of piperidine rings is 1. The molecule has 6 nitrogen and oxygen atoms in total. The third-order valence-electron chi connectivity index (χ3n) is 6.00. The highest BCUT2D eigenvalue weighted by Crippen LogP contribution is 2.39. The number of fused-ring (bicyclic) bond motifs is 1. The molecule has 0 spiro atoms. The Labute approximate surface area is 158 Å². The highest BCUT2D eigenvalue weighted by Gasteiger charge is 2.43. The maximum atomic E-state index is 12.8. The normalized spacial score (nSPS) is 25.1. The predicted octanol–water partition coefficient (Wildman–Crippen LogP) is 2.06. The first-order valence-corrected chi connectivity index (χ1v) is 9.69. The monoisotopic (exact) mass is 367 g/mol. The summed E-state index contributed by atoms with van der Waals surface area (Å²) in [7, 11) is 0. The fourth-order valence-corrected chi connectivity index (χ4v) is 4.35. The zero-order valence-electron chi connectivity index (χ0n) is 15.4. The summed E-state index contributed by atoms with van der Waals surface area (Å²) >= 11 is 0. The number of nitrogens with zero attached hydrogens (tertiary/aromatic N) is 3. The smallest absolute Gasteiger partial charge is 0.267 e. The topological polar surface area (TPSA) is 75.4 Å². The SMILES string of the molecule is O=C(Cn1nc(-c2ccccc2)ccc1=O)N1CC[C@]2(O)CCCC[C@@H]2C1. The summed E-state index contributed by atoms with van der Waals surface area (Å²) in [5.41, 5.74) is 0.679. The van der Waals surface area contributed by atoms with Gasteiger partial charge in [0.05, 0.1) is 11.3 Å². The molecule has 0 bridgehead atoms. The van der Waals surface area contributed by atoms with Crippen LogP contribution in [0.2, 0.25) is 0 Å². The Morgan fingerprint density at radius 3 is 2.78 bits per heavy atom. The lowest BCUT2D eigenvalue weighted by atomic mass is 9.71. The molecule has 142 valence electrons. The minimum absolute atomic E-state index is 0.0648. The van der Waals surface area contributed by atoms with Crippen molar-refractivity contribution in [2.45, 2.75) is 44.2 Å². The van der Waals surface area contributed by atoms with Gasteiger partial charge < -0.3 is 10.0 Å². The van der Waals surface area contributed by atoms with Crippen LogP contribution in [0.3, 0.4) is 0 Å². The second-order valence-corrected chi connectivity index (χ2v) is 7.72. The van der Waals surface area contributed by atoms with Crippen LogP contribution in [0.15, 0.2) is 47.3 Å². The van der Waals surface area contributed by atoms with Crippen LogP contribution in [0.4, 0.5) is 0 Å². The highest BCUT2D eigenvalue weighted by atomic mass is 16.3. The molecule has 1 aromatic carbocycles. The van der Waals surface area contributed by atoms with E-state index in [1.54, 1.807) is 11.0 Å². The minimum Gasteiger partial charge on any atom is -0.389 e. The molecule has 0 radical (unpaired) electrons. The number of hydrogen-bond acceptors (Lipinski definition) is 4. The molecule has 1 N–H and O–H groups in total. The Kier molecular flexibility index (Phi) is 4.83. The van der Waals surface area contributed by atoms with Gasteiger partial charge in [-0.3, -0.25) is 9.59 Å².